The maximum absolute atomic E-state index is 12.6. The lowest BCUT2D eigenvalue weighted by molar-refractivity contribution is -0.150. The van der Waals surface area contributed by atoms with E-state index in [0.717, 1.165) is 16.2 Å². The van der Waals surface area contributed by atoms with Gasteiger partial charge in [0, 0.05) is 11.1 Å². The number of thiazole rings is 1. The van der Waals surface area contributed by atoms with Crippen molar-refractivity contribution in [1.82, 2.24) is 15.2 Å². The van der Waals surface area contributed by atoms with Gasteiger partial charge in [-0.25, -0.2) is 14.6 Å². The van der Waals surface area contributed by atoms with Gasteiger partial charge in [-0.2, -0.15) is 0 Å². The number of carbonyl (C=O) groups is 4. The highest BCUT2D eigenvalue weighted by Crippen LogP contribution is 2.40. The second-order valence-corrected chi connectivity index (χ2v) is 8.09. The number of oxime groups is 1. The van der Waals surface area contributed by atoms with Gasteiger partial charge >= 0.3 is 12.1 Å². The van der Waals surface area contributed by atoms with Gasteiger partial charge < -0.3 is 31.8 Å². The number of nitrogen functional groups attached to an aromatic ring is 1. The molecule has 3 rings (SSSR count). The Kier molecular flexibility index (Phi) is 6.45. The Morgan fingerprint density at radius 3 is 2.77 bits per heavy atom. The summed E-state index contributed by atoms with van der Waals surface area (Å²) in [4.78, 5) is 52.3. The van der Waals surface area contributed by atoms with Crippen LogP contribution < -0.4 is 16.8 Å². The van der Waals surface area contributed by atoms with Crippen molar-refractivity contribution in [2.24, 2.45) is 10.9 Å². The Morgan fingerprint density at radius 1 is 1.45 bits per heavy atom. The Hall–Kier alpha value is -3.59. The minimum Gasteiger partial charge on any atom is -0.477 e. The standard InChI is InChI=1S/C16H16N6O7S2/c17-15-19-7(5-31-15)8(21-28)11(23)20-9-12(24)22-10(14(25)26)6(4-30-13(9)22)2-1-3-29-16(18)27/h1-2,5,9,13,28H,3-4H2,(H2,17,19)(H2,18,27)(H,20,23)(H,25,26)/b2-1-,21-8-/t9?,13-/m1/s1. The second-order valence-electron chi connectivity index (χ2n) is 6.09. The molecule has 2 atom stereocenters. The quantitative estimate of drug-likeness (QED) is 0.147. The topological polar surface area (TPSA) is 211 Å². The number of anilines is 1. The Labute approximate surface area is 182 Å². The molecule has 2 aliphatic rings. The number of β-lactam (4-membered cyclic amide) rings is 1. The van der Waals surface area contributed by atoms with Gasteiger partial charge in [0.2, 0.25) is 0 Å². The van der Waals surface area contributed by atoms with Crippen LogP contribution in [0.15, 0.2) is 34.0 Å². The van der Waals surface area contributed by atoms with E-state index in [1.165, 1.54) is 29.3 Å². The molecule has 1 aromatic rings. The minimum atomic E-state index is -1.32. The van der Waals surface area contributed by atoms with Crippen molar-refractivity contribution in [3.63, 3.8) is 0 Å². The molecule has 0 bridgehead atoms. The van der Waals surface area contributed by atoms with Crippen LogP contribution in [0, 0.1) is 0 Å². The van der Waals surface area contributed by atoms with E-state index in [1.54, 1.807) is 0 Å². The third-order valence-corrected chi connectivity index (χ3v) is 6.18. The smallest absolute Gasteiger partial charge is 0.404 e. The van der Waals surface area contributed by atoms with Crippen molar-refractivity contribution in [2.75, 3.05) is 18.1 Å². The van der Waals surface area contributed by atoms with Gasteiger partial charge in [0.25, 0.3) is 11.8 Å². The van der Waals surface area contributed by atoms with Crippen molar-refractivity contribution < 1.29 is 34.2 Å². The number of amides is 3. The monoisotopic (exact) mass is 468 g/mol. The summed E-state index contributed by atoms with van der Waals surface area (Å²) in [6.07, 6.45) is 1.85. The number of nitrogens with two attached hydrogens (primary N) is 2. The van der Waals surface area contributed by atoms with Crippen LogP contribution in [-0.2, 0) is 19.1 Å². The minimum absolute atomic E-state index is 0.0409. The number of aromatic nitrogens is 1. The van der Waals surface area contributed by atoms with Crippen LogP contribution in [0.2, 0.25) is 0 Å². The van der Waals surface area contributed by atoms with E-state index >= 15 is 0 Å². The summed E-state index contributed by atoms with van der Waals surface area (Å²) in [5.74, 6) is -2.60. The third kappa shape index (κ3) is 4.46. The molecule has 15 heteroatoms. The molecular weight excluding hydrogens is 452 g/mol. The van der Waals surface area contributed by atoms with Gasteiger partial charge in [0.15, 0.2) is 10.8 Å². The fraction of sp³-hybridized carbons (Fsp3) is 0.250. The molecule has 1 fully saturated rings. The summed E-state index contributed by atoms with van der Waals surface area (Å²) in [7, 11) is 0. The lowest BCUT2D eigenvalue weighted by Gasteiger charge is -2.49. The van der Waals surface area contributed by atoms with Crippen molar-refractivity contribution in [1.29, 1.82) is 0 Å². The number of carboxylic acids is 1. The molecule has 0 radical (unpaired) electrons. The summed E-state index contributed by atoms with van der Waals surface area (Å²) in [5.41, 5.74) is 10.1. The number of rotatable bonds is 7. The number of hydrogen-bond acceptors (Lipinski definition) is 11. The van der Waals surface area contributed by atoms with Gasteiger partial charge in [-0.05, 0) is 11.6 Å². The number of fused-ring (bicyclic) bond motifs is 1. The van der Waals surface area contributed by atoms with Crippen LogP contribution in [0.5, 0.6) is 0 Å². The SMILES string of the molecule is NC(=O)OC/C=C\C1=C(C(=O)O)N2C(=O)C(NC(=O)/C(=N\O)c3csc(N)n3)[C@H]2SC1. The zero-order chi connectivity index (χ0) is 22.7. The average molecular weight is 468 g/mol. The third-order valence-electron chi connectivity index (χ3n) is 4.21. The van der Waals surface area contributed by atoms with Crippen LogP contribution in [0.25, 0.3) is 0 Å². The maximum Gasteiger partial charge on any atom is 0.404 e. The predicted octanol–water partition coefficient (Wildman–Crippen LogP) is -0.706. The number of carboxylic acid groups (broad SMARTS) is 1. The molecule has 1 unspecified atom stereocenters. The van der Waals surface area contributed by atoms with Crippen molar-refractivity contribution in [3.8, 4) is 0 Å². The molecule has 2 aliphatic heterocycles. The van der Waals surface area contributed by atoms with E-state index < -0.39 is 41.0 Å². The van der Waals surface area contributed by atoms with Crippen LogP contribution in [0.3, 0.4) is 0 Å². The molecule has 13 nitrogen and oxygen atoms in total. The van der Waals surface area contributed by atoms with Crippen molar-refractivity contribution in [3.05, 3.63) is 34.5 Å². The first-order valence-electron chi connectivity index (χ1n) is 8.48. The van der Waals surface area contributed by atoms with Gasteiger partial charge in [-0.3, -0.25) is 14.5 Å². The van der Waals surface area contributed by atoms with E-state index in [-0.39, 0.29) is 28.9 Å². The van der Waals surface area contributed by atoms with Crippen LogP contribution in [0.1, 0.15) is 5.69 Å². The molecule has 0 spiro atoms. The Morgan fingerprint density at radius 2 is 2.19 bits per heavy atom. The molecular formula is C16H16N6O7S2. The lowest BCUT2D eigenvalue weighted by Crippen LogP contribution is -2.71. The van der Waals surface area contributed by atoms with E-state index in [4.69, 9.17) is 16.7 Å². The zero-order valence-electron chi connectivity index (χ0n) is 15.5. The number of allylic oxidation sites excluding steroid dienone is 1. The van der Waals surface area contributed by atoms with Crippen LogP contribution in [-0.4, -0.2) is 73.6 Å². The normalized spacial score (nSPS) is 21.0. The van der Waals surface area contributed by atoms with E-state index in [0.29, 0.717) is 5.57 Å². The molecule has 3 heterocycles. The molecule has 0 saturated carbocycles. The number of primary amides is 1. The Balaban J connectivity index is 1.74. The summed E-state index contributed by atoms with van der Waals surface area (Å²) < 4.78 is 4.55. The fourth-order valence-corrected chi connectivity index (χ4v) is 4.78. The highest BCUT2D eigenvalue weighted by molar-refractivity contribution is 8.00. The van der Waals surface area contributed by atoms with Crippen molar-refractivity contribution in [2.45, 2.75) is 11.4 Å². The van der Waals surface area contributed by atoms with E-state index in [2.05, 4.69) is 20.2 Å². The second kappa shape index (κ2) is 9.05. The molecule has 31 heavy (non-hydrogen) atoms. The lowest BCUT2D eigenvalue weighted by atomic mass is 10.0. The van der Waals surface area contributed by atoms with Gasteiger partial charge in [0.1, 0.15) is 29.4 Å². The number of nitrogens with zero attached hydrogens (tertiary/aromatic N) is 3. The molecule has 1 saturated heterocycles. The van der Waals surface area contributed by atoms with Gasteiger partial charge in [-0.15, -0.1) is 23.1 Å². The molecule has 0 aromatic carbocycles. The summed E-state index contributed by atoms with van der Waals surface area (Å²) in [6, 6.07) is -1.02. The Bertz CT molecular complexity index is 1030. The molecule has 7 N–H and O–H groups in total. The first-order chi connectivity index (χ1) is 14.7. The summed E-state index contributed by atoms with van der Waals surface area (Å²) in [6.45, 7) is -0.156. The number of carbonyl (C=O) groups excluding carboxylic acids is 3. The van der Waals surface area contributed by atoms with E-state index in [9.17, 15) is 24.3 Å². The average Bonchev–Trinajstić information content (AvgIpc) is 3.14. The molecule has 3 amide bonds. The van der Waals surface area contributed by atoms with E-state index in [1.807, 2.05) is 0 Å². The summed E-state index contributed by atoms with van der Waals surface area (Å²) >= 11 is 2.27. The van der Waals surface area contributed by atoms with Crippen LogP contribution >= 0.6 is 23.1 Å². The van der Waals surface area contributed by atoms with Crippen LogP contribution in [0.4, 0.5) is 9.93 Å². The summed E-state index contributed by atoms with van der Waals surface area (Å²) in [5, 5.41) is 25.0. The van der Waals surface area contributed by atoms with Gasteiger partial charge in [-0.1, -0.05) is 11.2 Å². The molecule has 1 aromatic heterocycles. The first kappa shape index (κ1) is 22.1. The molecule has 0 aliphatic carbocycles. The number of ether oxygens (including phenoxy) is 1. The number of hydrogen-bond donors (Lipinski definition) is 5. The highest BCUT2D eigenvalue weighted by Gasteiger charge is 2.54. The maximum atomic E-state index is 12.6. The fourth-order valence-electron chi connectivity index (χ4n) is 2.91. The number of thioether (sulfide) groups is 1. The predicted molar refractivity (Wildman–Crippen MR) is 109 cm³/mol. The molecule has 164 valence electrons. The largest absolute Gasteiger partial charge is 0.477 e. The number of aliphatic carboxylic acids is 1. The zero-order valence-corrected chi connectivity index (χ0v) is 17.2. The highest BCUT2D eigenvalue weighted by atomic mass is 32.2. The van der Waals surface area contributed by atoms with Crippen molar-refractivity contribution >= 4 is 57.8 Å². The number of nitrogens with one attached hydrogen (secondary N) is 1. The van der Waals surface area contributed by atoms with Gasteiger partial charge in [0.05, 0.1) is 0 Å². The first-order valence-corrected chi connectivity index (χ1v) is 10.4.